The third-order valence-electron chi connectivity index (χ3n) is 2.76. The van der Waals surface area contributed by atoms with E-state index in [1.165, 1.54) is 6.07 Å². The van der Waals surface area contributed by atoms with Gasteiger partial charge in [-0.25, -0.2) is 9.59 Å². The second-order valence-electron chi connectivity index (χ2n) is 5.86. The highest BCUT2D eigenvalue weighted by molar-refractivity contribution is 6.37. The first kappa shape index (κ1) is 20.0. The maximum absolute atomic E-state index is 11.7. The van der Waals surface area contributed by atoms with Gasteiger partial charge in [-0.1, -0.05) is 23.2 Å². The van der Waals surface area contributed by atoms with E-state index in [1.54, 1.807) is 20.8 Å². The summed E-state index contributed by atoms with van der Waals surface area (Å²) in [4.78, 5) is 33.3. The largest absolute Gasteiger partial charge is 0.480 e. The molecule has 8 nitrogen and oxygen atoms in total. The average Bonchev–Trinajstić information content (AvgIpc) is 2.39. The second kappa shape index (κ2) is 7.67. The fourth-order valence-electron chi connectivity index (χ4n) is 1.77. The lowest BCUT2D eigenvalue weighted by molar-refractivity contribution is -0.384. The summed E-state index contributed by atoms with van der Waals surface area (Å²) < 4.78 is 4.99. The standard InChI is InChI=1S/C14H16Cl2N2O6/c1-14(2,3)24-13(21)17-9(12(19)20)6-7-8(15)4-5-10(11(7)16)18(22)23/h4-5,9H,6H2,1-3H3,(H,17,21)(H,19,20). The first-order valence-corrected chi connectivity index (χ1v) is 7.51. The molecule has 0 fully saturated rings. The number of benzene rings is 1. The summed E-state index contributed by atoms with van der Waals surface area (Å²) in [7, 11) is 0. The van der Waals surface area contributed by atoms with Crippen molar-refractivity contribution in [1.29, 1.82) is 0 Å². The highest BCUT2D eigenvalue weighted by atomic mass is 35.5. The van der Waals surface area contributed by atoms with Crippen molar-refractivity contribution in [2.45, 2.75) is 38.8 Å². The molecule has 24 heavy (non-hydrogen) atoms. The van der Waals surface area contributed by atoms with E-state index in [-0.39, 0.29) is 22.0 Å². The van der Waals surface area contributed by atoms with Gasteiger partial charge in [0.2, 0.25) is 0 Å². The monoisotopic (exact) mass is 378 g/mol. The predicted octanol–water partition coefficient (Wildman–Crippen LogP) is 3.42. The van der Waals surface area contributed by atoms with E-state index >= 15 is 0 Å². The minimum atomic E-state index is -1.42. The Balaban J connectivity index is 3.06. The van der Waals surface area contributed by atoms with Gasteiger partial charge in [-0.15, -0.1) is 0 Å². The number of carboxylic acids is 1. The number of halogens is 2. The first-order valence-electron chi connectivity index (χ1n) is 6.76. The smallest absolute Gasteiger partial charge is 0.408 e. The second-order valence-corrected chi connectivity index (χ2v) is 6.64. The van der Waals surface area contributed by atoms with Crippen LogP contribution in [0.5, 0.6) is 0 Å². The minimum absolute atomic E-state index is 0.0518. The molecule has 0 radical (unpaired) electrons. The number of carboxylic acid groups (broad SMARTS) is 1. The Hall–Kier alpha value is -2.06. The molecule has 2 N–H and O–H groups in total. The van der Waals surface area contributed by atoms with E-state index in [2.05, 4.69) is 5.32 Å². The predicted molar refractivity (Wildman–Crippen MR) is 87.6 cm³/mol. The third-order valence-corrected chi connectivity index (χ3v) is 3.54. The molecular formula is C14H16Cl2N2O6. The number of amides is 1. The zero-order valence-electron chi connectivity index (χ0n) is 13.1. The zero-order chi connectivity index (χ0) is 18.7. The molecule has 1 aromatic carbocycles. The molecule has 1 amide bonds. The van der Waals surface area contributed by atoms with Crippen molar-refractivity contribution >= 4 is 41.0 Å². The Morgan fingerprint density at radius 3 is 2.42 bits per heavy atom. The van der Waals surface area contributed by atoms with Crippen LogP contribution in [-0.2, 0) is 16.0 Å². The molecule has 1 aromatic rings. The Labute approximate surface area is 147 Å². The molecular weight excluding hydrogens is 363 g/mol. The van der Waals surface area contributed by atoms with Crippen LogP contribution in [0.25, 0.3) is 0 Å². The van der Waals surface area contributed by atoms with Crippen molar-refractivity contribution in [3.63, 3.8) is 0 Å². The Kier molecular flexibility index (Phi) is 6.39. The fourth-order valence-corrected chi connectivity index (χ4v) is 2.36. The molecule has 0 aliphatic rings. The SMILES string of the molecule is CC(C)(C)OC(=O)NC(Cc1c(Cl)ccc([N+](=O)[O-])c1Cl)C(=O)O. The molecule has 10 heteroatoms. The number of rotatable bonds is 5. The molecule has 1 atom stereocenters. The number of hydrogen-bond donors (Lipinski definition) is 2. The Bertz CT molecular complexity index is 672. The molecule has 0 spiro atoms. The van der Waals surface area contributed by atoms with E-state index in [9.17, 15) is 24.8 Å². The van der Waals surface area contributed by atoms with E-state index in [0.717, 1.165) is 6.07 Å². The number of aliphatic carboxylic acids is 1. The summed E-state index contributed by atoms with van der Waals surface area (Å²) in [5.41, 5.74) is -1.16. The van der Waals surface area contributed by atoms with Crippen LogP contribution in [0, 0.1) is 10.1 Å². The van der Waals surface area contributed by atoms with Gasteiger partial charge in [0.25, 0.3) is 5.69 Å². The maximum Gasteiger partial charge on any atom is 0.408 e. The number of nitro groups is 1. The number of ether oxygens (including phenoxy) is 1. The molecule has 1 unspecified atom stereocenters. The van der Waals surface area contributed by atoms with Gasteiger partial charge in [0.15, 0.2) is 0 Å². The van der Waals surface area contributed by atoms with Crippen LogP contribution in [0.15, 0.2) is 12.1 Å². The fraction of sp³-hybridized carbons (Fsp3) is 0.429. The van der Waals surface area contributed by atoms with Crippen molar-refractivity contribution < 1.29 is 24.4 Å². The van der Waals surface area contributed by atoms with E-state index in [1.807, 2.05) is 0 Å². The minimum Gasteiger partial charge on any atom is -0.480 e. The normalized spacial score (nSPS) is 12.4. The van der Waals surface area contributed by atoms with E-state index in [0.29, 0.717) is 0 Å². The highest BCUT2D eigenvalue weighted by Crippen LogP contribution is 2.34. The summed E-state index contributed by atoms with van der Waals surface area (Å²) in [6, 6.07) is 0.940. The van der Waals surface area contributed by atoms with Crippen LogP contribution in [0.3, 0.4) is 0 Å². The number of carbonyl (C=O) groups is 2. The summed E-state index contributed by atoms with van der Waals surface area (Å²) >= 11 is 11.9. The van der Waals surface area contributed by atoms with Crippen LogP contribution in [0.4, 0.5) is 10.5 Å². The molecule has 0 saturated heterocycles. The van der Waals surface area contributed by atoms with Crippen molar-refractivity contribution in [3.05, 3.63) is 37.9 Å². The molecule has 0 aromatic heterocycles. The van der Waals surface area contributed by atoms with Crippen molar-refractivity contribution in [2.75, 3.05) is 0 Å². The van der Waals surface area contributed by atoms with Gasteiger partial charge in [-0.05, 0) is 32.4 Å². The maximum atomic E-state index is 11.7. The van der Waals surface area contributed by atoms with E-state index < -0.39 is 34.3 Å². The number of alkyl carbamates (subject to hydrolysis) is 1. The summed E-state index contributed by atoms with van der Waals surface area (Å²) in [5, 5.41) is 22.1. The molecule has 0 heterocycles. The van der Waals surface area contributed by atoms with Gasteiger partial charge in [0.1, 0.15) is 16.7 Å². The Morgan fingerprint density at radius 1 is 1.38 bits per heavy atom. The van der Waals surface area contributed by atoms with Gasteiger partial charge < -0.3 is 15.2 Å². The Morgan fingerprint density at radius 2 is 1.96 bits per heavy atom. The quantitative estimate of drug-likeness (QED) is 0.598. The molecule has 1 rings (SSSR count). The lowest BCUT2D eigenvalue weighted by atomic mass is 10.0. The number of carbonyl (C=O) groups excluding carboxylic acids is 1. The number of nitrogens with one attached hydrogen (secondary N) is 1. The van der Waals surface area contributed by atoms with Gasteiger partial charge >= 0.3 is 12.1 Å². The number of nitrogens with zero attached hydrogens (tertiary/aromatic N) is 1. The summed E-state index contributed by atoms with van der Waals surface area (Å²) in [6.45, 7) is 4.87. The molecule has 0 aliphatic carbocycles. The van der Waals surface area contributed by atoms with Crippen LogP contribution >= 0.6 is 23.2 Å². The molecule has 0 saturated carbocycles. The van der Waals surface area contributed by atoms with Crippen LogP contribution in [-0.4, -0.2) is 33.7 Å². The van der Waals surface area contributed by atoms with Crippen LogP contribution in [0.2, 0.25) is 10.0 Å². The van der Waals surface area contributed by atoms with Crippen molar-refractivity contribution in [1.82, 2.24) is 5.32 Å². The molecule has 0 bridgehead atoms. The van der Waals surface area contributed by atoms with Gasteiger partial charge in [0, 0.05) is 17.5 Å². The van der Waals surface area contributed by atoms with Crippen LogP contribution < -0.4 is 5.32 Å². The topological polar surface area (TPSA) is 119 Å². The lowest BCUT2D eigenvalue weighted by Crippen LogP contribution is -2.44. The zero-order valence-corrected chi connectivity index (χ0v) is 14.6. The molecule has 0 aliphatic heterocycles. The van der Waals surface area contributed by atoms with Gasteiger partial charge in [-0.2, -0.15) is 0 Å². The summed E-state index contributed by atoms with van der Waals surface area (Å²) in [6.07, 6.45) is -1.28. The van der Waals surface area contributed by atoms with Gasteiger partial charge in [0.05, 0.1) is 4.92 Å². The average molecular weight is 379 g/mol. The molecule has 132 valence electrons. The van der Waals surface area contributed by atoms with E-state index in [4.69, 9.17) is 27.9 Å². The van der Waals surface area contributed by atoms with Crippen molar-refractivity contribution in [3.8, 4) is 0 Å². The lowest BCUT2D eigenvalue weighted by Gasteiger charge is -2.22. The van der Waals surface area contributed by atoms with Crippen LogP contribution in [0.1, 0.15) is 26.3 Å². The summed E-state index contributed by atoms with van der Waals surface area (Å²) in [5.74, 6) is -1.36. The first-order chi connectivity index (χ1) is 10.9. The number of hydrogen-bond acceptors (Lipinski definition) is 5. The highest BCUT2D eigenvalue weighted by Gasteiger charge is 2.28. The number of nitro benzene ring substituents is 1. The van der Waals surface area contributed by atoms with Crippen molar-refractivity contribution in [2.24, 2.45) is 0 Å². The third kappa shape index (κ3) is 5.54. The van der Waals surface area contributed by atoms with Gasteiger partial charge in [-0.3, -0.25) is 10.1 Å².